The number of carbonyl (C=O) groups excluding carboxylic acids is 1. The molecule has 1 aliphatic rings. The Hall–Kier alpha value is -1.78. The highest BCUT2D eigenvalue weighted by Crippen LogP contribution is 2.27. The number of amides is 1. The maximum absolute atomic E-state index is 12.2. The lowest BCUT2D eigenvalue weighted by molar-refractivity contribution is 0.0198. The molecule has 1 atom stereocenters. The summed E-state index contributed by atoms with van der Waals surface area (Å²) in [6.07, 6.45) is 1.01. The highest BCUT2D eigenvalue weighted by atomic mass is 16.6. The summed E-state index contributed by atoms with van der Waals surface area (Å²) < 4.78 is 29.2. The molecular weight excluding hydrogens is 254 g/mol. The molecule has 0 bridgehead atoms. The van der Waals surface area contributed by atoms with Crippen LogP contribution in [0.3, 0.4) is 0 Å². The summed E-state index contributed by atoms with van der Waals surface area (Å²) in [5.74, 6) is -0.308. The van der Waals surface area contributed by atoms with Crippen molar-refractivity contribution in [2.45, 2.75) is 45.1 Å². The van der Waals surface area contributed by atoms with Gasteiger partial charge in [-0.2, -0.15) is 0 Å². The first kappa shape index (κ1) is 10.9. The molecule has 0 aliphatic carbocycles. The number of hydrogen-bond acceptors (Lipinski definition) is 4. The summed E-state index contributed by atoms with van der Waals surface area (Å²) in [5, 5.41) is 0. The van der Waals surface area contributed by atoms with Crippen molar-refractivity contribution in [1.82, 2.24) is 9.88 Å². The molecule has 2 rings (SSSR count). The average molecular weight is 280 g/mol. The van der Waals surface area contributed by atoms with Gasteiger partial charge in [0.15, 0.2) is 0 Å². The lowest BCUT2D eigenvalue weighted by atomic mass is 9.92. The van der Waals surface area contributed by atoms with E-state index >= 15 is 0 Å². The van der Waals surface area contributed by atoms with E-state index in [2.05, 4.69) is 4.98 Å². The Kier molecular flexibility index (Phi) is 3.11. The fourth-order valence-corrected chi connectivity index (χ4v) is 2.21. The van der Waals surface area contributed by atoms with E-state index in [1.807, 2.05) is 20.8 Å². The van der Waals surface area contributed by atoms with Crippen LogP contribution in [0.2, 0.25) is 0 Å². The van der Waals surface area contributed by atoms with Crippen LogP contribution in [0.15, 0.2) is 18.3 Å². The van der Waals surface area contributed by atoms with E-state index in [4.69, 9.17) is 14.6 Å². The molecule has 1 aromatic rings. The van der Waals surface area contributed by atoms with Crippen molar-refractivity contribution in [3.8, 4) is 0 Å². The summed E-state index contributed by atoms with van der Waals surface area (Å²) in [7, 11) is 0. The van der Waals surface area contributed by atoms with Crippen LogP contribution < -0.4 is 5.73 Å². The Morgan fingerprint density at radius 2 is 2.30 bits per heavy atom. The van der Waals surface area contributed by atoms with Crippen molar-refractivity contribution in [3.63, 3.8) is 0 Å². The number of nitrogens with zero attached hydrogens (tertiary/aromatic N) is 2. The van der Waals surface area contributed by atoms with Gasteiger partial charge >= 0.3 is 6.09 Å². The fraction of sp³-hybridized carbons (Fsp3) is 0.600. The predicted molar refractivity (Wildman–Crippen MR) is 78.4 cm³/mol. The second-order valence-electron chi connectivity index (χ2n) is 6.04. The molecule has 2 N–H and O–H groups in total. The highest BCUT2D eigenvalue weighted by molar-refractivity contribution is 5.68. The van der Waals surface area contributed by atoms with Crippen LogP contribution in [-0.2, 0) is 4.74 Å². The Balaban J connectivity index is 2.22. The minimum atomic E-state index is -0.567. The maximum atomic E-state index is 12.2. The monoisotopic (exact) mass is 280 g/mol. The van der Waals surface area contributed by atoms with Crippen molar-refractivity contribution >= 4 is 11.9 Å². The van der Waals surface area contributed by atoms with Crippen LogP contribution in [-0.4, -0.2) is 34.7 Å². The van der Waals surface area contributed by atoms with Crippen molar-refractivity contribution in [3.05, 3.63) is 23.8 Å². The maximum Gasteiger partial charge on any atom is 0.410 e. The van der Waals surface area contributed by atoms with E-state index in [0.29, 0.717) is 18.7 Å². The number of carbonyl (C=O) groups is 1. The van der Waals surface area contributed by atoms with Gasteiger partial charge in [0.2, 0.25) is 0 Å². The zero-order valence-corrected chi connectivity index (χ0v) is 12.2. The summed E-state index contributed by atoms with van der Waals surface area (Å²) in [5.41, 5.74) is 5.36. The standard InChI is InChI=1S/C15H23N3O2/c1-15(2,3)20-14(19)18-8-4-5-12(10-18)11-6-7-13(16)17-9-11/h6-7,9,12H,4-5,8,10H2,1-3H3,(H2,16,17)/i6D,7D,9D. The molecule has 1 saturated heterocycles. The molecule has 5 heteroatoms. The predicted octanol–water partition coefficient (Wildman–Crippen LogP) is 2.78. The lowest BCUT2D eigenvalue weighted by Crippen LogP contribution is -2.42. The topological polar surface area (TPSA) is 68.5 Å². The van der Waals surface area contributed by atoms with Gasteiger partial charge in [0, 0.05) is 25.2 Å². The largest absolute Gasteiger partial charge is 0.444 e. The first-order valence-electron chi connectivity index (χ1n) is 8.31. The molecule has 0 radical (unpaired) electrons. The van der Waals surface area contributed by atoms with E-state index in [1.54, 1.807) is 4.90 Å². The van der Waals surface area contributed by atoms with Crippen molar-refractivity contribution in [2.24, 2.45) is 0 Å². The molecule has 1 unspecified atom stereocenters. The molecule has 1 fully saturated rings. The van der Waals surface area contributed by atoms with E-state index in [-0.39, 0.29) is 30.0 Å². The van der Waals surface area contributed by atoms with Crippen molar-refractivity contribution in [1.29, 1.82) is 0 Å². The SMILES string of the molecule is [2H]c1nc(N)c([2H])c([2H])c1C1CCCN(C(=O)OC(C)(C)C)C1. The molecule has 2 heterocycles. The Labute approximate surface area is 124 Å². The highest BCUT2D eigenvalue weighted by Gasteiger charge is 2.28. The van der Waals surface area contributed by atoms with Gasteiger partial charge in [-0.3, -0.25) is 0 Å². The molecule has 1 aromatic heterocycles. The van der Waals surface area contributed by atoms with Crippen LogP contribution in [0.25, 0.3) is 0 Å². The minimum absolute atomic E-state index is 0.0708. The van der Waals surface area contributed by atoms with Gasteiger partial charge < -0.3 is 15.4 Å². The summed E-state index contributed by atoms with van der Waals surface area (Å²) in [6, 6.07) is -0.232. The Morgan fingerprint density at radius 1 is 1.55 bits per heavy atom. The molecule has 0 saturated carbocycles. The smallest absolute Gasteiger partial charge is 0.410 e. The van der Waals surface area contributed by atoms with Gasteiger partial charge in [0.25, 0.3) is 0 Å². The van der Waals surface area contributed by atoms with Gasteiger partial charge in [0.1, 0.15) is 11.4 Å². The van der Waals surface area contributed by atoms with Crippen molar-refractivity contribution < 1.29 is 13.6 Å². The fourth-order valence-electron chi connectivity index (χ4n) is 2.21. The number of ether oxygens (including phenoxy) is 1. The van der Waals surface area contributed by atoms with Crippen LogP contribution >= 0.6 is 0 Å². The molecule has 110 valence electrons. The van der Waals surface area contributed by atoms with Crippen LogP contribution in [0, 0.1) is 0 Å². The normalized spacial score (nSPS) is 21.9. The van der Waals surface area contributed by atoms with Gasteiger partial charge in [-0.15, -0.1) is 0 Å². The summed E-state index contributed by atoms with van der Waals surface area (Å²) in [6.45, 7) is 6.38. The number of aromatic nitrogens is 1. The molecule has 0 spiro atoms. The lowest BCUT2D eigenvalue weighted by Gasteiger charge is -2.34. The van der Waals surface area contributed by atoms with E-state index in [1.165, 1.54) is 0 Å². The summed E-state index contributed by atoms with van der Waals surface area (Å²) >= 11 is 0. The van der Waals surface area contributed by atoms with Gasteiger partial charge in [-0.1, -0.05) is 6.04 Å². The molecular formula is C15H23N3O2. The second-order valence-corrected chi connectivity index (χ2v) is 6.04. The quantitative estimate of drug-likeness (QED) is 0.859. The third-order valence-corrected chi connectivity index (χ3v) is 3.10. The zero-order valence-electron chi connectivity index (χ0n) is 15.2. The van der Waals surface area contributed by atoms with Gasteiger partial charge in [-0.05, 0) is 45.2 Å². The Morgan fingerprint density at radius 3 is 3.00 bits per heavy atom. The third-order valence-electron chi connectivity index (χ3n) is 3.10. The van der Waals surface area contributed by atoms with E-state index < -0.39 is 11.7 Å². The van der Waals surface area contributed by atoms with Crippen LogP contribution in [0.4, 0.5) is 10.6 Å². The average Bonchev–Trinajstić information content (AvgIpc) is 2.43. The molecule has 1 aliphatic heterocycles. The minimum Gasteiger partial charge on any atom is -0.444 e. The number of anilines is 1. The van der Waals surface area contributed by atoms with Gasteiger partial charge in [0.05, 0.1) is 4.11 Å². The zero-order chi connectivity index (χ0) is 17.4. The third kappa shape index (κ3) is 3.85. The number of nitrogens with two attached hydrogens (primary N) is 1. The van der Waals surface area contributed by atoms with E-state index in [9.17, 15) is 4.79 Å². The first-order chi connectivity index (χ1) is 10.6. The van der Waals surface area contributed by atoms with Crippen molar-refractivity contribution in [2.75, 3.05) is 18.8 Å². The first-order valence-corrected chi connectivity index (χ1v) is 6.81. The molecule has 0 aromatic carbocycles. The second kappa shape index (κ2) is 5.69. The molecule has 20 heavy (non-hydrogen) atoms. The number of likely N-dealkylation sites (tertiary alicyclic amines) is 1. The molecule has 1 amide bonds. The van der Waals surface area contributed by atoms with Crippen LogP contribution in [0.1, 0.15) is 49.2 Å². The number of pyridine rings is 1. The molecule has 5 nitrogen and oxygen atoms in total. The number of piperidine rings is 1. The van der Waals surface area contributed by atoms with Crippen LogP contribution in [0.5, 0.6) is 0 Å². The Bertz CT molecular complexity index is 617. The number of hydrogen-bond donors (Lipinski definition) is 1. The van der Waals surface area contributed by atoms with E-state index in [0.717, 1.165) is 12.8 Å². The number of nitrogen functional groups attached to an aromatic ring is 1. The van der Waals surface area contributed by atoms with Gasteiger partial charge in [-0.25, -0.2) is 9.78 Å². The number of rotatable bonds is 1. The summed E-state index contributed by atoms with van der Waals surface area (Å²) in [4.78, 5) is 17.7.